The van der Waals surface area contributed by atoms with Crippen LogP contribution in [0.4, 0.5) is 0 Å². The summed E-state index contributed by atoms with van der Waals surface area (Å²) in [5.74, 6) is 0.276. The maximum Gasteiger partial charge on any atom is 0.246 e. The van der Waals surface area contributed by atoms with Gasteiger partial charge in [-0.2, -0.15) is 0 Å². The predicted octanol–water partition coefficient (Wildman–Crippen LogP) is 1.56. The number of fused-ring (bicyclic) bond motifs is 1. The van der Waals surface area contributed by atoms with Crippen LogP contribution in [-0.4, -0.2) is 46.8 Å². The topological polar surface area (TPSA) is 40.6 Å². The number of allylic oxidation sites excluding steroid dienone is 1. The molecule has 2 aliphatic heterocycles. The van der Waals surface area contributed by atoms with E-state index in [4.69, 9.17) is 0 Å². The minimum atomic E-state index is -0.262. The molecule has 2 amide bonds. The molecule has 2 fully saturated rings. The molecule has 0 spiro atoms. The van der Waals surface area contributed by atoms with Crippen molar-refractivity contribution < 1.29 is 9.59 Å². The molecule has 0 aromatic heterocycles. The third-order valence-corrected chi connectivity index (χ3v) is 3.85. The van der Waals surface area contributed by atoms with Crippen molar-refractivity contribution in [3.8, 4) is 0 Å². The second-order valence-electron chi connectivity index (χ2n) is 5.39. The second kappa shape index (κ2) is 5.12. The van der Waals surface area contributed by atoms with Crippen molar-refractivity contribution in [1.29, 1.82) is 0 Å². The standard InChI is InChI=1S/C14H22N2O2/c1-4-11-13(17)15-8-5-6-12(15)14(18)16(11)9-7-10(2)3/h7,11-12H,4-6,8-9H2,1-3H3. The van der Waals surface area contributed by atoms with Gasteiger partial charge in [-0.15, -0.1) is 0 Å². The van der Waals surface area contributed by atoms with Gasteiger partial charge in [0.1, 0.15) is 12.1 Å². The molecule has 4 nitrogen and oxygen atoms in total. The lowest BCUT2D eigenvalue weighted by atomic mass is 10.0. The molecular formula is C14H22N2O2. The van der Waals surface area contributed by atoms with Crippen LogP contribution in [-0.2, 0) is 9.59 Å². The highest BCUT2D eigenvalue weighted by atomic mass is 16.2. The SMILES string of the molecule is CCC1C(=O)N2CCCC2C(=O)N1CC=C(C)C. The largest absolute Gasteiger partial charge is 0.329 e. The van der Waals surface area contributed by atoms with Crippen LogP contribution >= 0.6 is 0 Å². The average Bonchev–Trinajstić information content (AvgIpc) is 2.81. The maximum atomic E-state index is 12.4. The molecule has 2 unspecified atom stereocenters. The first-order valence-electron chi connectivity index (χ1n) is 6.80. The molecule has 2 heterocycles. The second-order valence-corrected chi connectivity index (χ2v) is 5.39. The minimum absolute atomic E-state index is 0.136. The zero-order chi connectivity index (χ0) is 13.3. The van der Waals surface area contributed by atoms with E-state index in [0.717, 1.165) is 19.4 Å². The van der Waals surface area contributed by atoms with E-state index in [1.807, 2.05) is 26.8 Å². The Kier molecular flexibility index (Phi) is 3.73. The van der Waals surface area contributed by atoms with Gasteiger partial charge in [0.25, 0.3) is 0 Å². The predicted molar refractivity (Wildman–Crippen MR) is 70.0 cm³/mol. The zero-order valence-electron chi connectivity index (χ0n) is 11.5. The first-order chi connectivity index (χ1) is 8.56. The van der Waals surface area contributed by atoms with Gasteiger partial charge in [0.05, 0.1) is 0 Å². The summed E-state index contributed by atoms with van der Waals surface area (Å²) in [6.45, 7) is 7.32. The fourth-order valence-electron chi connectivity index (χ4n) is 2.85. The average molecular weight is 250 g/mol. The third-order valence-electron chi connectivity index (χ3n) is 3.85. The number of hydrogen-bond acceptors (Lipinski definition) is 2. The van der Waals surface area contributed by atoms with Gasteiger partial charge in [-0.05, 0) is 33.1 Å². The van der Waals surface area contributed by atoms with E-state index in [0.29, 0.717) is 13.0 Å². The molecule has 0 aromatic rings. The van der Waals surface area contributed by atoms with Crippen molar-refractivity contribution in [2.75, 3.05) is 13.1 Å². The molecule has 4 heteroatoms. The molecule has 2 rings (SSSR count). The molecular weight excluding hydrogens is 228 g/mol. The fourth-order valence-corrected chi connectivity index (χ4v) is 2.85. The lowest BCUT2D eigenvalue weighted by Gasteiger charge is -2.41. The van der Waals surface area contributed by atoms with Crippen LogP contribution in [0, 0.1) is 0 Å². The van der Waals surface area contributed by atoms with Crippen LogP contribution in [0.25, 0.3) is 0 Å². The summed E-state index contributed by atoms with van der Waals surface area (Å²) in [6, 6.07) is -0.451. The Labute approximate surface area is 109 Å². The zero-order valence-corrected chi connectivity index (χ0v) is 11.5. The monoisotopic (exact) mass is 250 g/mol. The van der Waals surface area contributed by atoms with Crippen LogP contribution in [0.3, 0.4) is 0 Å². The van der Waals surface area contributed by atoms with Gasteiger partial charge in [-0.25, -0.2) is 0 Å². The van der Waals surface area contributed by atoms with E-state index in [1.165, 1.54) is 5.57 Å². The van der Waals surface area contributed by atoms with Gasteiger partial charge < -0.3 is 9.80 Å². The first kappa shape index (κ1) is 13.1. The van der Waals surface area contributed by atoms with E-state index in [-0.39, 0.29) is 23.9 Å². The molecule has 2 aliphatic rings. The molecule has 2 saturated heterocycles. The van der Waals surface area contributed by atoms with Crippen molar-refractivity contribution in [3.63, 3.8) is 0 Å². The quantitative estimate of drug-likeness (QED) is 0.713. The Balaban J connectivity index is 2.22. The first-order valence-corrected chi connectivity index (χ1v) is 6.80. The van der Waals surface area contributed by atoms with E-state index in [2.05, 4.69) is 0 Å². The molecule has 0 aliphatic carbocycles. The highest BCUT2D eigenvalue weighted by Gasteiger charge is 2.46. The Morgan fingerprint density at radius 1 is 1.33 bits per heavy atom. The number of rotatable bonds is 3. The summed E-state index contributed by atoms with van der Waals surface area (Å²) < 4.78 is 0. The van der Waals surface area contributed by atoms with Gasteiger partial charge in [-0.1, -0.05) is 18.6 Å². The molecule has 2 atom stereocenters. The lowest BCUT2D eigenvalue weighted by Crippen LogP contribution is -2.62. The summed E-state index contributed by atoms with van der Waals surface area (Å²) in [6.07, 6.45) is 4.50. The van der Waals surface area contributed by atoms with Crippen LogP contribution < -0.4 is 0 Å². The van der Waals surface area contributed by atoms with E-state index in [9.17, 15) is 9.59 Å². The van der Waals surface area contributed by atoms with Crippen molar-refractivity contribution in [2.45, 2.75) is 52.1 Å². The number of amides is 2. The summed E-state index contributed by atoms with van der Waals surface area (Å²) in [4.78, 5) is 28.3. The lowest BCUT2D eigenvalue weighted by molar-refractivity contribution is -0.158. The molecule has 100 valence electrons. The Hall–Kier alpha value is -1.32. The van der Waals surface area contributed by atoms with Crippen LogP contribution in [0.1, 0.15) is 40.0 Å². The summed E-state index contributed by atoms with van der Waals surface area (Å²) in [5.41, 5.74) is 1.18. The van der Waals surface area contributed by atoms with E-state index >= 15 is 0 Å². The molecule has 0 saturated carbocycles. The molecule has 0 aromatic carbocycles. The fraction of sp³-hybridized carbons (Fsp3) is 0.714. The summed E-state index contributed by atoms with van der Waals surface area (Å²) in [7, 11) is 0. The maximum absolute atomic E-state index is 12.4. The number of nitrogens with zero attached hydrogens (tertiary/aromatic N) is 2. The van der Waals surface area contributed by atoms with Crippen LogP contribution in [0.2, 0.25) is 0 Å². The van der Waals surface area contributed by atoms with Gasteiger partial charge in [0.15, 0.2) is 0 Å². The Morgan fingerprint density at radius 3 is 2.67 bits per heavy atom. The number of carbonyl (C=O) groups is 2. The number of carbonyl (C=O) groups excluding carboxylic acids is 2. The third kappa shape index (κ3) is 2.16. The van der Waals surface area contributed by atoms with E-state index in [1.54, 1.807) is 9.80 Å². The van der Waals surface area contributed by atoms with E-state index < -0.39 is 0 Å². The minimum Gasteiger partial charge on any atom is -0.329 e. The summed E-state index contributed by atoms with van der Waals surface area (Å²) >= 11 is 0. The molecule has 0 N–H and O–H groups in total. The van der Waals surface area contributed by atoms with Crippen molar-refractivity contribution >= 4 is 11.8 Å². The van der Waals surface area contributed by atoms with Crippen molar-refractivity contribution in [3.05, 3.63) is 11.6 Å². The van der Waals surface area contributed by atoms with Crippen molar-refractivity contribution in [1.82, 2.24) is 9.80 Å². The highest BCUT2D eigenvalue weighted by Crippen LogP contribution is 2.28. The Morgan fingerprint density at radius 2 is 2.06 bits per heavy atom. The summed E-state index contributed by atoms with van der Waals surface area (Å²) in [5, 5.41) is 0. The number of piperazine rings is 1. The van der Waals surface area contributed by atoms with Crippen LogP contribution in [0.5, 0.6) is 0 Å². The molecule has 0 bridgehead atoms. The smallest absolute Gasteiger partial charge is 0.246 e. The molecule has 0 radical (unpaired) electrons. The molecule has 18 heavy (non-hydrogen) atoms. The van der Waals surface area contributed by atoms with Gasteiger partial charge in [-0.3, -0.25) is 9.59 Å². The normalized spacial score (nSPS) is 27.5. The van der Waals surface area contributed by atoms with Gasteiger partial charge >= 0.3 is 0 Å². The van der Waals surface area contributed by atoms with Crippen molar-refractivity contribution in [2.24, 2.45) is 0 Å². The van der Waals surface area contributed by atoms with Crippen LogP contribution in [0.15, 0.2) is 11.6 Å². The van der Waals surface area contributed by atoms with Gasteiger partial charge in [0.2, 0.25) is 11.8 Å². The van der Waals surface area contributed by atoms with Gasteiger partial charge in [0, 0.05) is 13.1 Å². The number of hydrogen-bond donors (Lipinski definition) is 0. The Bertz CT molecular complexity index is 385. The highest BCUT2D eigenvalue weighted by molar-refractivity contribution is 5.97.